The van der Waals surface area contributed by atoms with Crippen molar-refractivity contribution in [2.75, 3.05) is 6.54 Å². The lowest BCUT2D eigenvalue weighted by molar-refractivity contribution is -0.128. The number of nitrogens with one attached hydrogen (secondary N) is 1. The Morgan fingerprint density at radius 2 is 2.09 bits per heavy atom. The van der Waals surface area contributed by atoms with E-state index in [1.807, 2.05) is 0 Å². The Balaban J connectivity index is 2.49. The summed E-state index contributed by atoms with van der Waals surface area (Å²) in [7, 11) is 0. The molecular formula is C15H12N2O5S. The Hall–Kier alpha value is -3.00. The smallest absolute Gasteiger partial charge is 0.339 e. The van der Waals surface area contributed by atoms with Gasteiger partial charge in [-0.1, -0.05) is 18.2 Å². The molecule has 2 amide bonds. The number of rotatable bonds is 4. The minimum Gasteiger partial charge on any atom is -0.506 e. The van der Waals surface area contributed by atoms with Crippen molar-refractivity contribution in [2.24, 2.45) is 0 Å². The van der Waals surface area contributed by atoms with Gasteiger partial charge in [0.05, 0.1) is 0 Å². The quantitative estimate of drug-likeness (QED) is 0.327. The van der Waals surface area contributed by atoms with E-state index in [9.17, 15) is 19.5 Å². The first-order valence-electron chi connectivity index (χ1n) is 6.42. The van der Waals surface area contributed by atoms with Gasteiger partial charge in [-0.2, -0.15) is 0 Å². The maximum atomic E-state index is 12.3. The summed E-state index contributed by atoms with van der Waals surface area (Å²) < 4.78 is 0. The lowest BCUT2D eigenvalue weighted by Gasteiger charge is -2.27. The second-order valence-electron chi connectivity index (χ2n) is 4.57. The third kappa shape index (κ3) is 3.11. The summed E-state index contributed by atoms with van der Waals surface area (Å²) >= 11 is 4.92. The van der Waals surface area contributed by atoms with E-state index in [1.54, 1.807) is 0 Å². The van der Waals surface area contributed by atoms with Crippen LogP contribution in [0.5, 0.6) is 5.75 Å². The standard InChI is InChI=1S/C15H12N2O5S/c1-2-6-17-13(20)10(12(19)16-15(17)23)7-8-4-3-5-9(11(8)18)14(21)22/h2-5,7,18H,1,6H2,(H,21,22)(H,16,19,23). The van der Waals surface area contributed by atoms with Crippen LogP contribution in [0.4, 0.5) is 0 Å². The summed E-state index contributed by atoms with van der Waals surface area (Å²) in [6, 6.07) is 3.99. The summed E-state index contributed by atoms with van der Waals surface area (Å²) in [5, 5.41) is 21.3. The van der Waals surface area contributed by atoms with E-state index in [-0.39, 0.29) is 28.4 Å². The van der Waals surface area contributed by atoms with Gasteiger partial charge < -0.3 is 10.2 Å². The van der Waals surface area contributed by atoms with Gasteiger partial charge in [-0.15, -0.1) is 6.58 Å². The number of amides is 2. The highest BCUT2D eigenvalue weighted by Crippen LogP contribution is 2.26. The van der Waals surface area contributed by atoms with Crippen LogP contribution in [0, 0.1) is 0 Å². The van der Waals surface area contributed by atoms with Crippen LogP contribution < -0.4 is 5.32 Å². The first kappa shape index (κ1) is 16.4. The highest BCUT2D eigenvalue weighted by Gasteiger charge is 2.32. The number of aromatic carboxylic acids is 1. The van der Waals surface area contributed by atoms with Gasteiger partial charge in [0.25, 0.3) is 11.8 Å². The lowest BCUT2D eigenvalue weighted by Crippen LogP contribution is -2.53. The molecule has 1 aliphatic heterocycles. The molecular weight excluding hydrogens is 320 g/mol. The fourth-order valence-corrected chi connectivity index (χ4v) is 2.24. The van der Waals surface area contributed by atoms with E-state index < -0.39 is 23.5 Å². The maximum absolute atomic E-state index is 12.3. The zero-order valence-electron chi connectivity index (χ0n) is 11.8. The van der Waals surface area contributed by atoms with Crippen molar-refractivity contribution in [3.8, 4) is 5.75 Å². The largest absolute Gasteiger partial charge is 0.506 e. The molecule has 1 saturated heterocycles. The van der Waals surface area contributed by atoms with Crippen molar-refractivity contribution in [3.63, 3.8) is 0 Å². The molecule has 0 aromatic heterocycles. The number of thiocarbonyl (C=S) groups is 1. The third-order valence-corrected chi connectivity index (χ3v) is 3.42. The van der Waals surface area contributed by atoms with Crippen molar-refractivity contribution in [1.29, 1.82) is 0 Å². The van der Waals surface area contributed by atoms with Crippen LogP contribution in [-0.4, -0.2) is 44.6 Å². The van der Waals surface area contributed by atoms with Gasteiger partial charge in [-0.05, 0) is 24.4 Å². The molecule has 0 atom stereocenters. The second kappa shape index (κ2) is 6.41. The first-order chi connectivity index (χ1) is 10.9. The van der Waals surface area contributed by atoms with Crippen molar-refractivity contribution in [2.45, 2.75) is 0 Å². The highest BCUT2D eigenvalue weighted by atomic mass is 32.1. The zero-order valence-corrected chi connectivity index (χ0v) is 12.6. The minimum atomic E-state index is -1.32. The van der Waals surface area contributed by atoms with Crippen molar-refractivity contribution in [1.82, 2.24) is 10.2 Å². The van der Waals surface area contributed by atoms with Crippen molar-refractivity contribution < 1.29 is 24.6 Å². The molecule has 1 heterocycles. The molecule has 7 nitrogen and oxygen atoms in total. The van der Waals surface area contributed by atoms with Gasteiger partial charge in [0, 0.05) is 12.1 Å². The number of nitrogens with zero attached hydrogens (tertiary/aromatic N) is 1. The van der Waals surface area contributed by atoms with Crippen molar-refractivity contribution >= 4 is 41.2 Å². The molecule has 2 rings (SSSR count). The average molecular weight is 332 g/mol. The Bertz CT molecular complexity index is 769. The van der Waals surface area contributed by atoms with E-state index in [4.69, 9.17) is 17.3 Å². The Morgan fingerprint density at radius 1 is 1.39 bits per heavy atom. The van der Waals surface area contributed by atoms with E-state index in [1.165, 1.54) is 24.3 Å². The average Bonchev–Trinajstić information content (AvgIpc) is 2.49. The number of phenols is 1. The summed E-state index contributed by atoms with van der Waals surface area (Å²) in [6.45, 7) is 3.61. The predicted octanol–water partition coefficient (Wildman–Crippen LogP) is 0.903. The van der Waals surface area contributed by atoms with Crippen LogP contribution in [0.25, 0.3) is 6.08 Å². The molecule has 0 unspecified atom stereocenters. The molecule has 0 aliphatic carbocycles. The zero-order chi connectivity index (χ0) is 17.1. The van der Waals surface area contributed by atoms with E-state index >= 15 is 0 Å². The minimum absolute atomic E-state index is 0.0368. The summed E-state index contributed by atoms with van der Waals surface area (Å²) in [6.07, 6.45) is 2.57. The van der Waals surface area contributed by atoms with Gasteiger partial charge in [0.15, 0.2) is 5.11 Å². The Labute approximate surface area is 136 Å². The Morgan fingerprint density at radius 3 is 2.70 bits per heavy atom. The van der Waals surface area contributed by atoms with Gasteiger partial charge in [0.2, 0.25) is 0 Å². The molecule has 1 aromatic carbocycles. The molecule has 1 aliphatic rings. The first-order valence-corrected chi connectivity index (χ1v) is 6.82. The van der Waals surface area contributed by atoms with E-state index in [0.717, 1.165) is 11.0 Å². The number of para-hydroxylation sites is 1. The number of hydrogen-bond donors (Lipinski definition) is 3. The molecule has 3 N–H and O–H groups in total. The van der Waals surface area contributed by atoms with Gasteiger partial charge in [0.1, 0.15) is 16.9 Å². The monoisotopic (exact) mass is 332 g/mol. The molecule has 0 saturated carbocycles. The van der Waals surface area contributed by atoms with Crippen LogP contribution in [0.1, 0.15) is 15.9 Å². The molecule has 0 bridgehead atoms. The topological polar surface area (TPSA) is 107 Å². The van der Waals surface area contributed by atoms with Crippen molar-refractivity contribution in [3.05, 3.63) is 47.6 Å². The fraction of sp³-hybridized carbons (Fsp3) is 0.0667. The number of carboxylic acid groups (broad SMARTS) is 1. The van der Waals surface area contributed by atoms with Gasteiger partial charge in [-0.3, -0.25) is 19.8 Å². The SMILES string of the molecule is C=CCN1C(=O)C(=Cc2cccc(C(=O)O)c2O)C(=O)NC1=S. The molecule has 1 fully saturated rings. The molecule has 1 aromatic rings. The number of carbonyl (C=O) groups is 3. The van der Waals surface area contributed by atoms with Crippen LogP contribution in [0.15, 0.2) is 36.4 Å². The third-order valence-electron chi connectivity index (χ3n) is 3.09. The van der Waals surface area contributed by atoms with E-state index in [2.05, 4.69) is 11.9 Å². The Kier molecular flexibility index (Phi) is 4.56. The summed E-state index contributed by atoms with van der Waals surface area (Å²) in [5.41, 5.74) is -0.561. The number of hydrogen-bond acceptors (Lipinski definition) is 5. The predicted molar refractivity (Wildman–Crippen MR) is 85.7 cm³/mol. The lowest BCUT2D eigenvalue weighted by atomic mass is 10.0. The van der Waals surface area contributed by atoms with Crippen LogP contribution in [-0.2, 0) is 9.59 Å². The molecule has 0 radical (unpaired) electrons. The number of benzene rings is 1. The fourth-order valence-electron chi connectivity index (χ4n) is 1.99. The summed E-state index contributed by atoms with van der Waals surface area (Å²) in [4.78, 5) is 36.4. The molecule has 8 heteroatoms. The van der Waals surface area contributed by atoms with Gasteiger partial charge in [-0.25, -0.2) is 4.79 Å². The molecule has 118 valence electrons. The number of aromatic hydroxyl groups is 1. The second-order valence-corrected chi connectivity index (χ2v) is 4.96. The normalized spacial score (nSPS) is 16.4. The van der Waals surface area contributed by atoms with Crippen LogP contribution in [0.2, 0.25) is 0 Å². The molecule has 23 heavy (non-hydrogen) atoms. The van der Waals surface area contributed by atoms with Crippen LogP contribution in [0.3, 0.4) is 0 Å². The van der Waals surface area contributed by atoms with E-state index in [0.29, 0.717) is 0 Å². The van der Waals surface area contributed by atoms with Gasteiger partial charge >= 0.3 is 5.97 Å². The molecule has 0 spiro atoms. The number of carboxylic acids is 1. The van der Waals surface area contributed by atoms with Crippen LogP contribution >= 0.6 is 12.2 Å². The highest BCUT2D eigenvalue weighted by molar-refractivity contribution is 7.80. The summed E-state index contributed by atoms with van der Waals surface area (Å²) in [5.74, 6) is -3.23. The maximum Gasteiger partial charge on any atom is 0.339 e. The number of carbonyl (C=O) groups excluding carboxylic acids is 2.